The Balaban J connectivity index is 1.83. The Morgan fingerprint density at radius 3 is 2.29 bits per heavy atom. The van der Waals surface area contributed by atoms with E-state index in [2.05, 4.69) is 24.1 Å². The van der Waals surface area contributed by atoms with Gasteiger partial charge in [-0.3, -0.25) is 4.90 Å². The maximum atomic E-state index is 3.71. The third-order valence-electron chi connectivity index (χ3n) is 4.59. The van der Waals surface area contributed by atoms with Gasteiger partial charge >= 0.3 is 0 Å². The van der Waals surface area contributed by atoms with Crippen LogP contribution in [0.3, 0.4) is 0 Å². The molecule has 2 aliphatic carbocycles. The van der Waals surface area contributed by atoms with Gasteiger partial charge in [0.15, 0.2) is 0 Å². The molecule has 0 heterocycles. The molecule has 1 N–H and O–H groups in total. The van der Waals surface area contributed by atoms with E-state index in [0.717, 1.165) is 24.5 Å². The predicted octanol–water partition coefficient (Wildman–Crippen LogP) is 3.03. The number of nitrogens with zero attached hydrogens (tertiary/aromatic N) is 1. The average Bonchev–Trinajstić information content (AvgIpc) is 3.20. The molecule has 0 radical (unpaired) electrons. The summed E-state index contributed by atoms with van der Waals surface area (Å²) in [5, 5.41) is 3.71. The maximum absolute atomic E-state index is 3.71. The summed E-state index contributed by atoms with van der Waals surface area (Å²) in [5.41, 5.74) is 0. The van der Waals surface area contributed by atoms with Crippen LogP contribution in [0.2, 0.25) is 0 Å². The first kappa shape index (κ1) is 13.4. The van der Waals surface area contributed by atoms with Crippen molar-refractivity contribution in [1.82, 2.24) is 10.2 Å². The Bertz CT molecular complexity index is 207. The zero-order valence-corrected chi connectivity index (χ0v) is 11.8. The molecule has 0 aromatic carbocycles. The van der Waals surface area contributed by atoms with Crippen LogP contribution in [0.5, 0.6) is 0 Å². The summed E-state index contributed by atoms with van der Waals surface area (Å²) in [5.74, 6) is 0.979. The van der Waals surface area contributed by atoms with Crippen molar-refractivity contribution in [2.24, 2.45) is 5.92 Å². The summed E-state index contributed by atoms with van der Waals surface area (Å²) in [6.07, 6.45) is 10.2. The van der Waals surface area contributed by atoms with Gasteiger partial charge in [-0.15, -0.1) is 0 Å². The number of hydrogen-bond acceptors (Lipinski definition) is 2. The van der Waals surface area contributed by atoms with Crippen molar-refractivity contribution >= 4 is 0 Å². The molecular formula is C15H30N2. The fraction of sp³-hybridized carbons (Fsp3) is 1.00. The average molecular weight is 238 g/mol. The summed E-state index contributed by atoms with van der Waals surface area (Å²) in [6, 6.07) is 1.65. The number of rotatable bonds is 7. The highest BCUT2D eigenvalue weighted by Crippen LogP contribution is 2.33. The highest BCUT2D eigenvalue weighted by molar-refractivity contribution is 4.89. The van der Waals surface area contributed by atoms with Gasteiger partial charge in [0.25, 0.3) is 0 Å². The normalized spacial score (nSPS) is 24.2. The highest BCUT2D eigenvalue weighted by atomic mass is 15.2. The molecule has 0 aromatic heterocycles. The number of likely N-dealkylation sites (N-methyl/N-ethyl adjacent to an activating group) is 2. The van der Waals surface area contributed by atoms with E-state index in [1.165, 1.54) is 58.0 Å². The van der Waals surface area contributed by atoms with Crippen LogP contribution in [0.1, 0.15) is 58.8 Å². The van der Waals surface area contributed by atoms with Gasteiger partial charge in [-0.2, -0.15) is 0 Å². The predicted molar refractivity (Wildman–Crippen MR) is 74.3 cm³/mol. The molecule has 17 heavy (non-hydrogen) atoms. The molecule has 2 heteroatoms. The summed E-state index contributed by atoms with van der Waals surface area (Å²) < 4.78 is 0. The molecule has 2 aliphatic rings. The second kappa shape index (κ2) is 6.75. The van der Waals surface area contributed by atoms with Crippen molar-refractivity contribution in [3.05, 3.63) is 0 Å². The van der Waals surface area contributed by atoms with Gasteiger partial charge in [-0.25, -0.2) is 0 Å². The van der Waals surface area contributed by atoms with Gasteiger partial charge in [-0.1, -0.05) is 33.1 Å². The van der Waals surface area contributed by atoms with E-state index in [4.69, 9.17) is 0 Å². The topological polar surface area (TPSA) is 15.3 Å². The van der Waals surface area contributed by atoms with E-state index in [1.54, 1.807) is 0 Å². The third-order valence-corrected chi connectivity index (χ3v) is 4.59. The molecule has 0 bridgehead atoms. The quantitative estimate of drug-likeness (QED) is 0.733. The Kier molecular flexibility index (Phi) is 5.30. The van der Waals surface area contributed by atoms with Gasteiger partial charge < -0.3 is 5.32 Å². The van der Waals surface area contributed by atoms with E-state index in [1.807, 2.05) is 0 Å². The summed E-state index contributed by atoms with van der Waals surface area (Å²) >= 11 is 0. The minimum atomic E-state index is 0.766. The minimum Gasteiger partial charge on any atom is -0.313 e. The van der Waals surface area contributed by atoms with Crippen molar-refractivity contribution in [2.75, 3.05) is 19.6 Å². The fourth-order valence-corrected chi connectivity index (χ4v) is 3.38. The van der Waals surface area contributed by atoms with Gasteiger partial charge in [0.2, 0.25) is 0 Å². The van der Waals surface area contributed by atoms with Crippen LogP contribution < -0.4 is 5.32 Å². The van der Waals surface area contributed by atoms with Crippen molar-refractivity contribution in [2.45, 2.75) is 70.9 Å². The van der Waals surface area contributed by atoms with Gasteiger partial charge in [0.05, 0.1) is 0 Å². The molecule has 1 atom stereocenters. The smallest absolute Gasteiger partial charge is 0.0223 e. The Morgan fingerprint density at radius 1 is 1.06 bits per heavy atom. The Hall–Kier alpha value is -0.0800. The molecule has 2 nitrogen and oxygen atoms in total. The first-order valence-corrected chi connectivity index (χ1v) is 7.82. The van der Waals surface area contributed by atoms with Crippen molar-refractivity contribution < 1.29 is 0 Å². The Labute approximate surface area is 107 Å². The van der Waals surface area contributed by atoms with Crippen molar-refractivity contribution in [3.63, 3.8) is 0 Å². The van der Waals surface area contributed by atoms with E-state index < -0.39 is 0 Å². The molecule has 2 saturated carbocycles. The van der Waals surface area contributed by atoms with E-state index in [0.29, 0.717) is 0 Å². The summed E-state index contributed by atoms with van der Waals surface area (Å²) in [7, 11) is 0. The molecule has 0 aromatic rings. The molecule has 0 amide bonds. The standard InChI is InChI=1S/C15H30N2/c1-3-16-15(13-10-11-13)12-17(4-2)14-8-6-5-7-9-14/h13-16H,3-12H2,1-2H3. The first-order valence-electron chi connectivity index (χ1n) is 7.82. The third kappa shape index (κ3) is 3.96. The molecule has 2 fully saturated rings. The zero-order valence-electron chi connectivity index (χ0n) is 11.8. The molecule has 0 spiro atoms. The number of nitrogens with one attached hydrogen (secondary N) is 1. The minimum absolute atomic E-state index is 0.766. The monoisotopic (exact) mass is 238 g/mol. The van der Waals surface area contributed by atoms with Crippen LogP contribution in [0, 0.1) is 5.92 Å². The van der Waals surface area contributed by atoms with Crippen LogP contribution in [0.15, 0.2) is 0 Å². The summed E-state index contributed by atoms with van der Waals surface area (Å²) in [6.45, 7) is 8.24. The van der Waals surface area contributed by atoms with Crippen molar-refractivity contribution in [1.29, 1.82) is 0 Å². The summed E-state index contributed by atoms with van der Waals surface area (Å²) in [4.78, 5) is 2.75. The lowest BCUT2D eigenvalue weighted by Gasteiger charge is -2.36. The highest BCUT2D eigenvalue weighted by Gasteiger charge is 2.33. The second-order valence-electron chi connectivity index (χ2n) is 5.88. The van der Waals surface area contributed by atoms with E-state index >= 15 is 0 Å². The second-order valence-corrected chi connectivity index (χ2v) is 5.88. The lowest BCUT2D eigenvalue weighted by Crippen LogP contribution is -2.47. The molecule has 0 saturated heterocycles. The molecular weight excluding hydrogens is 208 g/mol. The van der Waals surface area contributed by atoms with Crippen LogP contribution in [-0.2, 0) is 0 Å². The molecule has 2 rings (SSSR count). The fourth-order valence-electron chi connectivity index (χ4n) is 3.38. The van der Waals surface area contributed by atoms with Crippen LogP contribution >= 0.6 is 0 Å². The molecule has 1 unspecified atom stereocenters. The lowest BCUT2D eigenvalue weighted by atomic mass is 9.93. The zero-order chi connectivity index (χ0) is 12.1. The van der Waals surface area contributed by atoms with Crippen molar-refractivity contribution in [3.8, 4) is 0 Å². The van der Waals surface area contributed by atoms with Gasteiger partial charge in [-0.05, 0) is 44.7 Å². The first-order chi connectivity index (χ1) is 8.35. The number of hydrogen-bond donors (Lipinski definition) is 1. The van der Waals surface area contributed by atoms with E-state index in [9.17, 15) is 0 Å². The van der Waals surface area contributed by atoms with Gasteiger partial charge in [0, 0.05) is 18.6 Å². The van der Waals surface area contributed by atoms with Crippen LogP contribution in [0.4, 0.5) is 0 Å². The SMILES string of the molecule is CCNC(CN(CC)C1CCCCC1)C1CC1. The van der Waals surface area contributed by atoms with Gasteiger partial charge in [0.1, 0.15) is 0 Å². The lowest BCUT2D eigenvalue weighted by molar-refractivity contribution is 0.143. The van der Waals surface area contributed by atoms with Crippen LogP contribution in [0.25, 0.3) is 0 Å². The van der Waals surface area contributed by atoms with E-state index in [-0.39, 0.29) is 0 Å². The molecule has 0 aliphatic heterocycles. The largest absolute Gasteiger partial charge is 0.313 e. The Morgan fingerprint density at radius 2 is 1.76 bits per heavy atom. The maximum Gasteiger partial charge on any atom is 0.0223 e. The van der Waals surface area contributed by atoms with Crippen LogP contribution in [-0.4, -0.2) is 36.6 Å². The molecule has 100 valence electrons.